The summed E-state index contributed by atoms with van der Waals surface area (Å²) in [7, 11) is 0. The van der Waals surface area contributed by atoms with Crippen molar-refractivity contribution in [3.05, 3.63) is 52.3 Å². The van der Waals surface area contributed by atoms with Crippen LogP contribution in [0.25, 0.3) is 0 Å². The molecular formula is C19H25N3O2. The minimum Gasteiger partial charge on any atom is -0.377 e. The van der Waals surface area contributed by atoms with Gasteiger partial charge in [-0.25, -0.2) is 0 Å². The molecule has 2 heterocycles. The van der Waals surface area contributed by atoms with E-state index in [-0.39, 0.29) is 11.9 Å². The Morgan fingerprint density at radius 1 is 1.33 bits per heavy atom. The van der Waals surface area contributed by atoms with Gasteiger partial charge in [-0.2, -0.15) is 5.10 Å². The highest BCUT2D eigenvalue weighted by molar-refractivity contribution is 5.77. The molecule has 0 saturated carbocycles. The Labute approximate surface area is 143 Å². The Morgan fingerprint density at radius 2 is 2.12 bits per heavy atom. The molecule has 0 aliphatic carbocycles. The summed E-state index contributed by atoms with van der Waals surface area (Å²) in [5.74, 6) is 0.187. The highest BCUT2D eigenvalue weighted by Crippen LogP contribution is 2.29. The second kappa shape index (κ2) is 7.18. The van der Waals surface area contributed by atoms with Crippen molar-refractivity contribution in [1.82, 2.24) is 15.1 Å². The van der Waals surface area contributed by atoms with Crippen LogP contribution in [0.4, 0.5) is 0 Å². The van der Waals surface area contributed by atoms with Gasteiger partial charge in [-0.3, -0.25) is 9.89 Å². The maximum atomic E-state index is 12.9. The van der Waals surface area contributed by atoms with Crippen LogP contribution in [0.2, 0.25) is 0 Å². The first-order chi connectivity index (χ1) is 11.6. The van der Waals surface area contributed by atoms with Gasteiger partial charge in [0.2, 0.25) is 5.91 Å². The number of benzene rings is 1. The van der Waals surface area contributed by atoms with Crippen LogP contribution in [0.15, 0.2) is 24.3 Å². The molecule has 1 aromatic carbocycles. The molecule has 1 saturated heterocycles. The smallest absolute Gasteiger partial charge is 0.223 e. The summed E-state index contributed by atoms with van der Waals surface area (Å²) in [6.07, 6.45) is 1.30. The molecule has 0 radical (unpaired) electrons. The Bertz CT molecular complexity index is 704. The molecule has 1 amide bonds. The number of aromatic nitrogens is 2. The highest BCUT2D eigenvalue weighted by atomic mass is 16.5. The molecule has 5 heteroatoms. The number of carbonyl (C=O) groups excluding carboxylic acids is 1. The van der Waals surface area contributed by atoms with Gasteiger partial charge in [-0.15, -0.1) is 0 Å². The maximum Gasteiger partial charge on any atom is 0.223 e. The number of H-pyrrole nitrogens is 1. The van der Waals surface area contributed by atoms with Gasteiger partial charge in [0.1, 0.15) is 0 Å². The lowest BCUT2D eigenvalue weighted by atomic mass is 10.0. The van der Waals surface area contributed by atoms with Gasteiger partial charge >= 0.3 is 0 Å². The Hall–Kier alpha value is -2.14. The van der Waals surface area contributed by atoms with E-state index < -0.39 is 0 Å². The number of hydrogen-bond acceptors (Lipinski definition) is 3. The van der Waals surface area contributed by atoms with Gasteiger partial charge in [-0.1, -0.05) is 24.3 Å². The van der Waals surface area contributed by atoms with E-state index >= 15 is 0 Å². The minimum absolute atomic E-state index is 0.0399. The maximum absolute atomic E-state index is 12.9. The number of aryl methyl sites for hydroxylation is 4. The lowest BCUT2D eigenvalue weighted by Gasteiger charge is -2.36. The van der Waals surface area contributed by atoms with Gasteiger partial charge in [0.05, 0.1) is 24.9 Å². The van der Waals surface area contributed by atoms with Crippen LogP contribution in [-0.4, -0.2) is 40.8 Å². The SMILES string of the molecule is Cc1ccccc1CCC(=O)N1CCOC[C@@H]1c1c(C)n[nH]c1C. The number of carbonyl (C=O) groups is 1. The number of morpholine rings is 1. The van der Waals surface area contributed by atoms with E-state index in [9.17, 15) is 4.79 Å². The van der Waals surface area contributed by atoms with Gasteiger partial charge in [0, 0.05) is 24.2 Å². The monoisotopic (exact) mass is 327 g/mol. The van der Waals surface area contributed by atoms with E-state index in [4.69, 9.17) is 4.74 Å². The van der Waals surface area contributed by atoms with Crippen molar-refractivity contribution >= 4 is 5.91 Å². The van der Waals surface area contributed by atoms with E-state index in [1.54, 1.807) is 0 Å². The third kappa shape index (κ3) is 3.36. The average Bonchev–Trinajstić information content (AvgIpc) is 2.92. The van der Waals surface area contributed by atoms with Crippen LogP contribution in [-0.2, 0) is 16.0 Å². The molecule has 1 aliphatic rings. The van der Waals surface area contributed by atoms with Crippen LogP contribution in [0.1, 0.15) is 40.5 Å². The quantitative estimate of drug-likeness (QED) is 0.939. The first-order valence-electron chi connectivity index (χ1n) is 8.51. The fourth-order valence-electron chi connectivity index (χ4n) is 3.47. The molecule has 128 valence electrons. The van der Waals surface area contributed by atoms with Crippen LogP contribution in [0, 0.1) is 20.8 Å². The van der Waals surface area contributed by atoms with E-state index in [1.165, 1.54) is 11.1 Å². The fourth-order valence-corrected chi connectivity index (χ4v) is 3.47. The molecule has 24 heavy (non-hydrogen) atoms. The molecular weight excluding hydrogens is 302 g/mol. The Kier molecular flexibility index (Phi) is 5.00. The van der Waals surface area contributed by atoms with Crippen LogP contribution >= 0.6 is 0 Å². The van der Waals surface area contributed by atoms with Crippen molar-refractivity contribution in [2.75, 3.05) is 19.8 Å². The number of ether oxygens (including phenoxy) is 1. The number of rotatable bonds is 4. The zero-order chi connectivity index (χ0) is 17.1. The lowest BCUT2D eigenvalue weighted by molar-refractivity contribution is -0.140. The summed E-state index contributed by atoms with van der Waals surface area (Å²) in [6.45, 7) is 7.85. The first kappa shape index (κ1) is 16.7. The van der Waals surface area contributed by atoms with Gasteiger partial charge in [0.15, 0.2) is 0 Å². The fraction of sp³-hybridized carbons (Fsp3) is 0.474. The predicted octanol–water partition coefficient (Wildman–Crippen LogP) is 2.87. The zero-order valence-corrected chi connectivity index (χ0v) is 14.6. The third-order valence-electron chi connectivity index (χ3n) is 4.84. The van der Waals surface area contributed by atoms with Crippen LogP contribution in [0.3, 0.4) is 0 Å². The number of amides is 1. The topological polar surface area (TPSA) is 58.2 Å². The molecule has 0 spiro atoms. The van der Waals surface area contributed by atoms with E-state index in [2.05, 4.69) is 29.3 Å². The zero-order valence-electron chi connectivity index (χ0n) is 14.6. The first-order valence-corrected chi connectivity index (χ1v) is 8.51. The van der Waals surface area contributed by atoms with E-state index in [0.717, 1.165) is 23.4 Å². The van der Waals surface area contributed by atoms with Crippen molar-refractivity contribution in [2.45, 2.75) is 39.7 Å². The van der Waals surface area contributed by atoms with Crippen molar-refractivity contribution < 1.29 is 9.53 Å². The molecule has 1 atom stereocenters. The van der Waals surface area contributed by atoms with E-state index in [0.29, 0.717) is 26.2 Å². The Balaban J connectivity index is 1.73. The molecule has 1 fully saturated rings. The van der Waals surface area contributed by atoms with Crippen molar-refractivity contribution in [1.29, 1.82) is 0 Å². The van der Waals surface area contributed by atoms with Gasteiger partial charge in [0.25, 0.3) is 0 Å². The molecule has 1 aliphatic heterocycles. The molecule has 3 rings (SSSR count). The lowest BCUT2D eigenvalue weighted by Crippen LogP contribution is -2.43. The molecule has 5 nitrogen and oxygen atoms in total. The van der Waals surface area contributed by atoms with E-state index in [1.807, 2.05) is 30.9 Å². The van der Waals surface area contributed by atoms with Gasteiger partial charge in [-0.05, 0) is 38.3 Å². The molecule has 1 N–H and O–H groups in total. The third-order valence-corrected chi connectivity index (χ3v) is 4.84. The summed E-state index contributed by atoms with van der Waals surface area (Å²) in [4.78, 5) is 14.8. The molecule has 2 aromatic rings. The highest BCUT2D eigenvalue weighted by Gasteiger charge is 2.31. The summed E-state index contributed by atoms with van der Waals surface area (Å²) >= 11 is 0. The summed E-state index contributed by atoms with van der Waals surface area (Å²) in [5.41, 5.74) is 5.54. The standard InChI is InChI=1S/C19H25N3O2/c1-13-6-4-5-7-16(13)8-9-18(23)22-10-11-24-12-17(22)19-14(2)20-21-15(19)3/h4-7,17H,8-12H2,1-3H3,(H,20,21)/t17-/m1/s1. The number of nitrogens with one attached hydrogen (secondary N) is 1. The Morgan fingerprint density at radius 3 is 2.83 bits per heavy atom. The summed E-state index contributed by atoms with van der Waals surface area (Å²) in [5, 5.41) is 7.29. The number of nitrogens with zero attached hydrogens (tertiary/aromatic N) is 2. The van der Waals surface area contributed by atoms with Crippen molar-refractivity contribution in [3.63, 3.8) is 0 Å². The van der Waals surface area contributed by atoms with Crippen LogP contribution in [0.5, 0.6) is 0 Å². The minimum atomic E-state index is -0.0399. The molecule has 0 bridgehead atoms. The molecule has 1 aromatic heterocycles. The summed E-state index contributed by atoms with van der Waals surface area (Å²) in [6, 6.07) is 8.22. The summed E-state index contributed by atoms with van der Waals surface area (Å²) < 4.78 is 5.64. The number of aromatic amines is 1. The average molecular weight is 327 g/mol. The van der Waals surface area contributed by atoms with Crippen molar-refractivity contribution in [2.24, 2.45) is 0 Å². The predicted molar refractivity (Wildman–Crippen MR) is 92.8 cm³/mol. The normalized spacial score (nSPS) is 18.0. The van der Waals surface area contributed by atoms with Crippen LogP contribution < -0.4 is 0 Å². The van der Waals surface area contributed by atoms with Gasteiger partial charge < -0.3 is 9.64 Å². The largest absolute Gasteiger partial charge is 0.377 e. The second-order valence-corrected chi connectivity index (χ2v) is 6.45. The second-order valence-electron chi connectivity index (χ2n) is 6.45. The van der Waals surface area contributed by atoms with Crippen molar-refractivity contribution in [3.8, 4) is 0 Å². The number of hydrogen-bond donors (Lipinski definition) is 1. The molecule has 0 unspecified atom stereocenters.